The second-order valence-electron chi connectivity index (χ2n) is 5.54. The number of aliphatic hydroxyl groups excluding tert-OH is 1. The second kappa shape index (κ2) is 6.04. The quantitative estimate of drug-likeness (QED) is 0.868. The van der Waals surface area contributed by atoms with Gasteiger partial charge < -0.3 is 19.5 Å². The van der Waals surface area contributed by atoms with Crippen LogP contribution in [-0.2, 0) is 0 Å². The van der Waals surface area contributed by atoms with Crippen molar-refractivity contribution in [1.29, 1.82) is 0 Å². The molecule has 2 unspecified atom stereocenters. The molecule has 1 saturated heterocycles. The van der Waals surface area contributed by atoms with E-state index < -0.39 is 46.8 Å². The summed E-state index contributed by atoms with van der Waals surface area (Å²) in [5.74, 6) is -3.66. The fourth-order valence-electron chi connectivity index (χ4n) is 2.78. The van der Waals surface area contributed by atoms with Crippen molar-refractivity contribution >= 4 is 5.91 Å². The summed E-state index contributed by atoms with van der Waals surface area (Å²) >= 11 is 0. The average Bonchev–Trinajstić information content (AvgIpc) is 2.90. The molecule has 8 heteroatoms. The van der Waals surface area contributed by atoms with Crippen LogP contribution in [0.5, 0.6) is 5.75 Å². The maximum absolute atomic E-state index is 13.5. The van der Waals surface area contributed by atoms with Gasteiger partial charge in [0, 0.05) is 12.6 Å². The van der Waals surface area contributed by atoms with Gasteiger partial charge in [-0.05, 0) is 24.1 Å². The van der Waals surface area contributed by atoms with Crippen LogP contribution in [0.2, 0.25) is 0 Å². The maximum Gasteiger partial charge on any atom is 0.340 e. The molecule has 6 nitrogen and oxygen atoms in total. The first-order chi connectivity index (χ1) is 11.3. The number of rotatable bonds is 2. The Morgan fingerprint density at radius 3 is 2.62 bits per heavy atom. The van der Waals surface area contributed by atoms with Gasteiger partial charge >= 0.3 is 5.63 Å². The Morgan fingerprint density at radius 2 is 1.96 bits per heavy atom. The Hall–Kier alpha value is -2.74. The Morgan fingerprint density at radius 1 is 1.21 bits per heavy atom. The van der Waals surface area contributed by atoms with E-state index in [0.29, 0.717) is 5.56 Å². The predicted molar refractivity (Wildman–Crippen MR) is 77.4 cm³/mol. The number of amides is 1. The Balaban J connectivity index is 1.96. The van der Waals surface area contributed by atoms with Gasteiger partial charge in [0.25, 0.3) is 5.91 Å². The highest BCUT2D eigenvalue weighted by molar-refractivity contribution is 5.92. The first-order valence-electron chi connectivity index (χ1n) is 7.13. The van der Waals surface area contributed by atoms with E-state index in [1.165, 1.54) is 11.0 Å². The van der Waals surface area contributed by atoms with Crippen LogP contribution in [0, 0.1) is 11.6 Å². The van der Waals surface area contributed by atoms with Gasteiger partial charge in [0.15, 0.2) is 17.4 Å². The van der Waals surface area contributed by atoms with E-state index >= 15 is 0 Å². The van der Waals surface area contributed by atoms with E-state index in [2.05, 4.69) is 0 Å². The molecule has 0 saturated carbocycles. The van der Waals surface area contributed by atoms with Crippen molar-refractivity contribution in [3.8, 4) is 5.75 Å². The number of aromatic hydroxyl groups is 1. The summed E-state index contributed by atoms with van der Waals surface area (Å²) in [4.78, 5) is 25.0. The molecule has 0 radical (unpaired) electrons. The molecule has 1 aliphatic heterocycles. The van der Waals surface area contributed by atoms with Gasteiger partial charge in [0.1, 0.15) is 5.75 Å². The number of nitrogens with zero attached hydrogens (tertiary/aromatic N) is 1. The zero-order valence-corrected chi connectivity index (χ0v) is 12.3. The van der Waals surface area contributed by atoms with Crippen LogP contribution in [0.15, 0.2) is 39.5 Å². The molecule has 1 aromatic carbocycles. The van der Waals surface area contributed by atoms with Crippen LogP contribution in [0.3, 0.4) is 0 Å². The molecule has 2 atom stereocenters. The SMILES string of the molecule is O=C(c1cc(O)cc(=O)o1)N1CC(O)CC1c1ccc(F)c(F)c1. The number of carbonyl (C=O) groups is 1. The van der Waals surface area contributed by atoms with Crippen LogP contribution in [0.4, 0.5) is 8.78 Å². The Labute approximate surface area is 134 Å². The fourth-order valence-corrected chi connectivity index (χ4v) is 2.78. The molecule has 1 aromatic heterocycles. The minimum absolute atomic E-state index is 0.0676. The minimum atomic E-state index is -1.06. The number of benzene rings is 1. The Bertz CT molecular complexity index is 851. The molecule has 0 bridgehead atoms. The molecule has 2 aromatic rings. The predicted octanol–water partition coefficient (Wildman–Crippen LogP) is 1.57. The molecule has 126 valence electrons. The van der Waals surface area contributed by atoms with Crippen molar-refractivity contribution in [3.05, 3.63) is 63.7 Å². The molecular formula is C16H13F2NO5. The highest BCUT2D eigenvalue weighted by atomic mass is 19.2. The van der Waals surface area contributed by atoms with Crippen molar-refractivity contribution in [2.24, 2.45) is 0 Å². The van der Waals surface area contributed by atoms with Gasteiger partial charge in [0.2, 0.25) is 0 Å². The third-order valence-corrected chi connectivity index (χ3v) is 3.83. The number of hydrogen-bond donors (Lipinski definition) is 2. The lowest BCUT2D eigenvalue weighted by Gasteiger charge is -2.24. The van der Waals surface area contributed by atoms with E-state index in [0.717, 1.165) is 24.3 Å². The van der Waals surface area contributed by atoms with Crippen molar-refractivity contribution in [3.63, 3.8) is 0 Å². The van der Waals surface area contributed by atoms with Gasteiger partial charge in [-0.3, -0.25) is 4.79 Å². The normalized spacial score (nSPS) is 20.4. The molecule has 1 amide bonds. The minimum Gasteiger partial charge on any atom is -0.508 e. The lowest BCUT2D eigenvalue weighted by molar-refractivity contribution is 0.0677. The van der Waals surface area contributed by atoms with E-state index in [9.17, 15) is 28.6 Å². The lowest BCUT2D eigenvalue weighted by atomic mass is 10.0. The van der Waals surface area contributed by atoms with E-state index in [1.54, 1.807) is 0 Å². The van der Waals surface area contributed by atoms with Gasteiger partial charge in [0.05, 0.1) is 18.2 Å². The monoisotopic (exact) mass is 337 g/mol. The first-order valence-corrected chi connectivity index (χ1v) is 7.13. The van der Waals surface area contributed by atoms with E-state index in [-0.39, 0.29) is 13.0 Å². The number of hydrogen-bond acceptors (Lipinski definition) is 5. The highest BCUT2D eigenvalue weighted by Gasteiger charge is 2.37. The number of carbonyl (C=O) groups excluding carboxylic acids is 1. The van der Waals surface area contributed by atoms with Crippen LogP contribution >= 0.6 is 0 Å². The number of likely N-dealkylation sites (tertiary alicyclic amines) is 1. The zero-order chi connectivity index (χ0) is 17.4. The molecule has 1 aliphatic rings. The standard InChI is InChI=1S/C16H13F2NO5/c17-11-2-1-8(3-12(11)18)13-4-10(21)7-19(13)16(23)14-5-9(20)6-15(22)24-14/h1-3,5-6,10,13,20-21H,4,7H2. The van der Waals surface area contributed by atoms with E-state index in [4.69, 9.17) is 4.42 Å². The van der Waals surface area contributed by atoms with Gasteiger partial charge in [-0.25, -0.2) is 13.6 Å². The molecule has 0 aliphatic carbocycles. The van der Waals surface area contributed by atoms with Crippen LogP contribution in [-0.4, -0.2) is 33.7 Å². The summed E-state index contributed by atoms with van der Waals surface area (Å²) in [6, 6.07) is 4.29. The second-order valence-corrected chi connectivity index (χ2v) is 5.54. The smallest absolute Gasteiger partial charge is 0.340 e. The first kappa shape index (κ1) is 16.1. The van der Waals surface area contributed by atoms with Gasteiger partial charge in [-0.15, -0.1) is 0 Å². The van der Waals surface area contributed by atoms with Crippen molar-refractivity contribution in [1.82, 2.24) is 4.90 Å². The number of β-amino-alcohol motifs (C(OH)–C–C–N with tert-alkyl or cyclic N) is 1. The average molecular weight is 337 g/mol. The van der Waals surface area contributed by atoms with Crippen LogP contribution in [0.1, 0.15) is 28.6 Å². The molecule has 24 heavy (non-hydrogen) atoms. The van der Waals surface area contributed by atoms with E-state index in [1.807, 2.05) is 0 Å². The van der Waals surface area contributed by atoms with Crippen molar-refractivity contribution < 1.29 is 28.2 Å². The van der Waals surface area contributed by atoms with Crippen LogP contribution < -0.4 is 5.63 Å². The molecule has 2 heterocycles. The zero-order valence-electron chi connectivity index (χ0n) is 12.3. The molecule has 0 spiro atoms. The number of aliphatic hydroxyl groups is 1. The molecule has 1 fully saturated rings. The summed E-state index contributed by atoms with van der Waals surface area (Å²) in [7, 11) is 0. The largest absolute Gasteiger partial charge is 0.508 e. The van der Waals surface area contributed by atoms with Gasteiger partial charge in [-0.2, -0.15) is 0 Å². The van der Waals surface area contributed by atoms with Crippen molar-refractivity contribution in [2.75, 3.05) is 6.54 Å². The molecular weight excluding hydrogens is 324 g/mol. The summed E-state index contributed by atoms with van der Waals surface area (Å²) < 4.78 is 31.3. The summed E-state index contributed by atoms with van der Waals surface area (Å²) in [6.07, 6.45) is -0.740. The molecule has 2 N–H and O–H groups in total. The summed E-state index contributed by atoms with van der Waals surface area (Å²) in [6.45, 7) is -0.0676. The highest BCUT2D eigenvalue weighted by Crippen LogP contribution is 2.34. The third kappa shape index (κ3) is 3.00. The Kier molecular flexibility index (Phi) is 4.06. The summed E-state index contributed by atoms with van der Waals surface area (Å²) in [5.41, 5.74) is -0.594. The van der Waals surface area contributed by atoms with Crippen LogP contribution in [0.25, 0.3) is 0 Å². The molecule has 3 rings (SSSR count). The fraction of sp³-hybridized carbons (Fsp3) is 0.250. The third-order valence-electron chi connectivity index (χ3n) is 3.83. The van der Waals surface area contributed by atoms with Crippen molar-refractivity contribution in [2.45, 2.75) is 18.6 Å². The van der Waals surface area contributed by atoms with Gasteiger partial charge in [-0.1, -0.05) is 6.07 Å². The topological polar surface area (TPSA) is 91.0 Å². The summed E-state index contributed by atoms with van der Waals surface area (Å²) in [5, 5.41) is 19.3. The number of halogens is 2. The lowest BCUT2D eigenvalue weighted by Crippen LogP contribution is -2.32. The maximum atomic E-state index is 13.5.